The summed E-state index contributed by atoms with van der Waals surface area (Å²) in [7, 11) is -3.93. The first-order valence-corrected chi connectivity index (χ1v) is 7.69. The van der Waals surface area contributed by atoms with E-state index in [1.165, 1.54) is 19.1 Å². The summed E-state index contributed by atoms with van der Waals surface area (Å²) in [6, 6.07) is 4.88. The van der Waals surface area contributed by atoms with Crippen molar-refractivity contribution in [2.24, 2.45) is 0 Å². The largest absolute Gasteiger partial charge is 0.313 e. The molecule has 0 radical (unpaired) electrons. The number of nitrogens with zero attached hydrogens (tertiary/aromatic N) is 3. The van der Waals surface area contributed by atoms with E-state index in [0.717, 1.165) is 10.4 Å². The van der Waals surface area contributed by atoms with Crippen molar-refractivity contribution in [2.45, 2.75) is 17.9 Å². The molecule has 0 aliphatic carbocycles. The summed E-state index contributed by atoms with van der Waals surface area (Å²) in [6.07, 6.45) is 0. The number of piperazine rings is 1. The van der Waals surface area contributed by atoms with E-state index in [2.05, 4.69) is 5.32 Å². The maximum absolute atomic E-state index is 12.6. The van der Waals surface area contributed by atoms with Gasteiger partial charge in [-0.3, -0.25) is 10.1 Å². The predicted octanol–water partition coefficient (Wildman–Crippen LogP) is 0.389. The molecule has 8 nitrogen and oxygen atoms in total. The number of nitrogens with one attached hydrogen (secondary N) is 1. The second-order valence-corrected chi connectivity index (χ2v) is 6.56. The van der Waals surface area contributed by atoms with Gasteiger partial charge in [0.1, 0.15) is 6.04 Å². The van der Waals surface area contributed by atoms with E-state index in [0.29, 0.717) is 12.1 Å². The molecule has 9 heteroatoms. The predicted molar refractivity (Wildman–Crippen MR) is 74.0 cm³/mol. The molecule has 2 rings (SSSR count). The zero-order valence-corrected chi connectivity index (χ0v) is 12.1. The van der Waals surface area contributed by atoms with Crippen molar-refractivity contribution in [1.29, 1.82) is 5.26 Å². The van der Waals surface area contributed by atoms with Gasteiger partial charge in [-0.2, -0.15) is 9.57 Å². The van der Waals surface area contributed by atoms with Crippen LogP contribution in [0.5, 0.6) is 0 Å². The molecule has 1 aliphatic rings. The summed E-state index contributed by atoms with van der Waals surface area (Å²) in [6.45, 7) is 2.37. The van der Waals surface area contributed by atoms with Crippen LogP contribution in [0.4, 0.5) is 5.69 Å². The second kappa shape index (κ2) is 5.77. The van der Waals surface area contributed by atoms with Crippen molar-refractivity contribution in [2.75, 3.05) is 19.6 Å². The van der Waals surface area contributed by atoms with E-state index >= 15 is 0 Å². The standard InChI is InChI=1S/C12H14N4O4S/c1-9-2-3-11(6-12(9)16(17)18)21(19,20)15-5-4-14-8-10(15)7-13/h2-3,6,10,14H,4-5,8H2,1H3. The van der Waals surface area contributed by atoms with Crippen LogP contribution >= 0.6 is 0 Å². The molecule has 0 spiro atoms. The summed E-state index contributed by atoms with van der Waals surface area (Å²) in [4.78, 5) is 10.2. The minimum absolute atomic E-state index is 0.155. The number of rotatable bonds is 3. The lowest BCUT2D eigenvalue weighted by atomic mass is 10.2. The molecule has 0 aromatic heterocycles. The molecule has 1 aromatic rings. The molecule has 1 N–H and O–H groups in total. The first-order valence-electron chi connectivity index (χ1n) is 6.25. The zero-order valence-electron chi connectivity index (χ0n) is 11.3. The molecule has 0 amide bonds. The Morgan fingerprint density at radius 2 is 2.24 bits per heavy atom. The highest BCUT2D eigenvalue weighted by atomic mass is 32.2. The minimum Gasteiger partial charge on any atom is -0.313 e. The molecular weight excluding hydrogens is 296 g/mol. The van der Waals surface area contributed by atoms with Gasteiger partial charge in [-0.15, -0.1) is 0 Å². The van der Waals surface area contributed by atoms with E-state index in [-0.39, 0.29) is 23.7 Å². The number of nitro benzene ring substituents is 1. The average molecular weight is 310 g/mol. The third kappa shape index (κ3) is 2.87. The summed E-state index contributed by atoms with van der Waals surface area (Å²) in [5.41, 5.74) is 0.135. The lowest BCUT2D eigenvalue weighted by Crippen LogP contribution is -2.52. The molecule has 1 saturated heterocycles. The lowest BCUT2D eigenvalue weighted by Gasteiger charge is -2.30. The molecule has 1 aliphatic heterocycles. The third-order valence-corrected chi connectivity index (χ3v) is 5.23. The molecule has 1 fully saturated rings. The average Bonchev–Trinajstić information content (AvgIpc) is 2.47. The highest BCUT2D eigenvalue weighted by Gasteiger charge is 2.34. The highest BCUT2D eigenvalue weighted by Crippen LogP contribution is 2.25. The van der Waals surface area contributed by atoms with Crippen LogP contribution in [0.25, 0.3) is 0 Å². The number of nitriles is 1. The number of hydrogen-bond donors (Lipinski definition) is 1. The van der Waals surface area contributed by atoms with E-state index in [4.69, 9.17) is 5.26 Å². The van der Waals surface area contributed by atoms with E-state index < -0.39 is 21.0 Å². The highest BCUT2D eigenvalue weighted by molar-refractivity contribution is 7.89. The van der Waals surface area contributed by atoms with Crippen molar-refractivity contribution in [3.63, 3.8) is 0 Å². The van der Waals surface area contributed by atoms with Gasteiger partial charge in [0.05, 0.1) is 15.9 Å². The van der Waals surface area contributed by atoms with Crippen LogP contribution in [-0.2, 0) is 10.0 Å². The Hall–Kier alpha value is -2.02. The number of sulfonamides is 1. The topological polar surface area (TPSA) is 116 Å². The molecule has 1 unspecified atom stereocenters. The Bertz CT molecular complexity index is 710. The number of nitro groups is 1. The second-order valence-electron chi connectivity index (χ2n) is 4.67. The first kappa shape index (κ1) is 15.4. The smallest absolute Gasteiger partial charge is 0.273 e. The molecular formula is C12H14N4O4S. The quantitative estimate of drug-likeness (QED) is 0.637. The van der Waals surface area contributed by atoms with Gasteiger partial charge >= 0.3 is 0 Å². The lowest BCUT2D eigenvalue weighted by molar-refractivity contribution is -0.385. The summed E-state index contributed by atoms with van der Waals surface area (Å²) < 4.78 is 26.2. The fourth-order valence-corrected chi connectivity index (χ4v) is 3.72. The Morgan fingerprint density at radius 1 is 1.52 bits per heavy atom. The van der Waals surface area contributed by atoms with Gasteiger partial charge in [0.15, 0.2) is 0 Å². The van der Waals surface area contributed by atoms with Gasteiger partial charge in [0.25, 0.3) is 5.69 Å². The van der Waals surface area contributed by atoms with Gasteiger partial charge in [-0.05, 0) is 13.0 Å². The van der Waals surface area contributed by atoms with Gasteiger partial charge < -0.3 is 5.32 Å². The molecule has 21 heavy (non-hydrogen) atoms. The van der Waals surface area contributed by atoms with Crippen LogP contribution in [0.1, 0.15) is 5.56 Å². The first-order chi connectivity index (χ1) is 9.87. The molecule has 112 valence electrons. The molecule has 1 aromatic carbocycles. The van der Waals surface area contributed by atoms with Crippen molar-refractivity contribution < 1.29 is 13.3 Å². The summed E-state index contributed by atoms with van der Waals surface area (Å²) >= 11 is 0. The maximum atomic E-state index is 12.6. The maximum Gasteiger partial charge on any atom is 0.273 e. The van der Waals surface area contributed by atoms with Crippen molar-refractivity contribution in [1.82, 2.24) is 9.62 Å². The number of aryl methyl sites for hydroxylation is 1. The SMILES string of the molecule is Cc1ccc(S(=O)(=O)N2CCNCC2C#N)cc1[N+](=O)[O-]. The summed E-state index contributed by atoms with van der Waals surface area (Å²) in [5, 5.41) is 22.9. The van der Waals surface area contributed by atoms with E-state index in [1.54, 1.807) is 0 Å². The van der Waals surface area contributed by atoms with Crippen LogP contribution in [0.2, 0.25) is 0 Å². The normalized spacial score (nSPS) is 19.9. The molecule has 0 bridgehead atoms. The number of hydrogen-bond acceptors (Lipinski definition) is 6. The number of benzene rings is 1. The Morgan fingerprint density at radius 3 is 2.86 bits per heavy atom. The van der Waals surface area contributed by atoms with Gasteiger partial charge in [0, 0.05) is 31.3 Å². The monoisotopic (exact) mass is 310 g/mol. The minimum atomic E-state index is -3.93. The van der Waals surface area contributed by atoms with Gasteiger partial charge in [-0.1, -0.05) is 6.07 Å². The third-order valence-electron chi connectivity index (χ3n) is 3.33. The molecule has 0 saturated carbocycles. The van der Waals surface area contributed by atoms with Crippen molar-refractivity contribution in [3.8, 4) is 6.07 Å². The molecule has 1 atom stereocenters. The Labute approximate surface area is 122 Å². The van der Waals surface area contributed by atoms with E-state index in [1.807, 2.05) is 6.07 Å². The molecule has 1 heterocycles. The van der Waals surface area contributed by atoms with Gasteiger partial charge in [-0.25, -0.2) is 8.42 Å². The fourth-order valence-electron chi connectivity index (χ4n) is 2.17. The summed E-state index contributed by atoms with van der Waals surface area (Å²) in [5.74, 6) is 0. The van der Waals surface area contributed by atoms with Gasteiger partial charge in [0.2, 0.25) is 10.0 Å². The Kier molecular flexibility index (Phi) is 4.22. The van der Waals surface area contributed by atoms with Crippen LogP contribution in [0.3, 0.4) is 0 Å². The van der Waals surface area contributed by atoms with Crippen LogP contribution in [-0.4, -0.2) is 43.3 Å². The fraction of sp³-hybridized carbons (Fsp3) is 0.417. The van der Waals surface area contributed by atoms with Crippen molar-refractivity contribution in [3.05, 3.63) is 33.9 Å². The van der Waals surface area contributed by atoms with Crippen LogP contribution < -0.4 is 5.32 Å². The van der Waals surface area contributed by atoms with Crippen LogP contribution in [0, 0.1) is 28.4 Å². The van der Waals surface area contributed by atoms with E-state index in [9.17, 15) is 18.5 Å². The van der Waals surface area contributed by atoms with Crippen molar-refractivity contribution >= 4 is 15.7 Å². The van der Waals surface area contributed by atoms with Crippen LogP contribution in [0.15, 0.2) is 23.1 Å². The zero-order chi connectivity index (χ0) is 15.6. The Balaban J connectivity index is 2.47.